The Balaban J connectivity index is 1.53. The average molecular weight is 316 g/mol. The zero-order valence-corrected chi connectivity index (χ0v) is 13.6. The highest BCUT2D eigenvalue weighted by Gasteiger charge is 2.17. The summed E-state index contributed by atoms with van der Waals surface area (Å²) in [4.78, 5) is 14.1. The quantitative estimate of drug-likeness (QED) is 0.866. The first kappa shape index (κ1) is 15.9. The third kappa shape index (κ3) is 4.48. The van der Waals surface area contributed by atoms with E-state index in [9.17, 15) is 4.79 Å². The molecule has 124 valence electrons. The summed E-state index contributed by atoms with van der Waals surface area (Å²) < 4.78 is 11.3. The van der Waals surface area contributed by atoms with E-state index in [0.29, 0.717) is 13.2 Å². The van der Waals surface area contributed by atoms with Gasteiger partial charge in [-0.1, -0.05) is 17.7 Å². The van der Waals surface area contributed by atoms with Gasteiger partial charge in [-0.2, -0.15) is 0 Å². The van der Waals surface area contributed by atoms with Crippen LogP contribution in [0.25, 0.3) is 0 Å². The number of nitrogens with zero attached hydrogens (tertiary/aromatic N) is 1. The number of ether oxygens (including phenoxy) is 2. The van der Waals surface area contributed by atoms with E-state index in [2.05, 4.69) is 18.3 Å². The summed E-state index contributed by atoms with van der Waals surface area (Å²) in [5.74, 6) is 0.757. The molecular formula is C18H24N2O3. The highest BCUT2D eigenvalue weighted by Crippen LogP contribution is 2.20. The van der Waals surface area contributed by atoms with Gasteiger partial charge in [-0.15, -0.1) is 0 Å². The maximum absolute atomic E-state index is 12.3. The summed E-state index contributed by atoms with van der Waals surface area (Å²) in [6.45, 7) is 4.93. The van der Waals surface area contributed by atoms with Crippen molar-refractivity contribution in [2.75, 3.05) is 31.6 Å². The monoisotopic (exact) mass is 316 g/mol. The lowest BCUT2D eigenvalue weighted by molar-refractivity contribution is 0.0680. The molecule has 1 unspecified atom stereocenters. The molecule has 23 heavy (non-hydrogen) atoms. The van der Waals surface area contributed by atoms with Gasteiger partial charge in [0.15, 0.2) is 0 Å². The van der Waals surface area contributed by atoms with E-state index in [1.165, 1.54) is 5.57 Å². The zero-order chi connectivity index (χ0) is 16.1. The molecule has 0 bridgehead atoms. The van der Waals surface area contributed by atoms with E-state index >= 15 is 0 Å². The number of hydrogen-bond acceptors (Lipinski definition) is 3. The van der Waals surface area contributed by atoms with Gasteiger partial charge in [-0.05, 0) is 38.3 Å². The fraction of sp³-hybridized carbons (Fsp3) is 0.500. The van der Waals surface area contributed by atoms with Crippen molar-refractivity contribution in [3.05, 3.63) is 35.9 Å². The predicted octanol–water partition coefficient (Wildman–Crippen LogP) is 3.43. The number of hydrogen-bond donors (Lipinski definition) is 1. The van der Waals surface area contributed by atoms with Crippen molar-refractivity contribution < 1.29 is 14.3 Å². The Morgan fingerprint density at radius 3 is 3.13 bits per heavy atom. The van der Waals surface area contributed by atoms with Gasteiger partial charge in [0.2, 0.25) is 0 Å². The predicted molar refractivity (Wildman–Crippen MR) is 89.9 cm³/mol. The summed E-state index contributed by atoms with van der Waals surface area (Å²) in [6, 6.07) is 7.46. The van der Waals surface area contributed by atoms with Crippen molar-refractivity contribution in [2.24, 2.45) is 0 Å². The molecule has 2 amide bonds. The average Bonchev–Trinajstić information content (AvgIpc) is 3.07. The molecule has 0 radical (unpaired) electrons. The summed E-state index contributed by atoms with van der Waals surface area (Å²) in [7, 11) is 0. The highest BCUT2D eigenvalue weighted by molar-refractivity contribution is 5.89. The van der Waals surface area contributed by atoms with Crippen LogP contribution in [0.1, 0.15) is 26.2 Å². The first-order valence-corrected chi connectivity index (χ1v) is 8.27. The van der Waals surface area contributed by atoms with Gasteiger partial charge < -0.3 is 19.7 Å². The Labute approximate surface area is 137 Å². The molecule has 0 saturated carbocycles. The molecule has 1 aromatic carbocycles. The number of carbonyl (C=O) groups is 1. The van der Waals surface area contributed by atoms with Crippen molar-refractivity contribution in [3.63, 3.8) is 0 Å². The molecule has 0 aromatic heterocycles. The molecule has 5 heteroatoms. The van der Waals surface area contributed by atoms with Gasteiger partial charge in [0, 0.05) is 31.5 Å². The minimum Gasteiger partial charge on any atom is -0.491 e. The molecule has 2 heterocycles. The highest BCUT2D eigenvalue weighted by atomic mass is 16.5. The van der Waals surface area contributed by atoms with E-state index in [4.69, 9.17) is 9.47 Å². The van der Waals surface area contributed by atoms with Crippen LogP contribution in [0.3, 0.4) is 0 Å². The van der Waals surface area contributed by atoms with Crippen LogP contribution in [0.4, 0.5) is 10.5 Å². The molecule has 1 saturated heterocycles. The van der Waals surface area contributed by atoms with Crippen LogP contribution in [0.2, 0.25) is 0 Å². The van der Waals surface area contributed by atoms with Crippen molar-refractivity contribution >= 4 is 11.7 Å². The Morgan fingerprint density at radius 2 is 2.39 bits per heavy atom. The second-order valence-electron chi connectivity index (χ2n) is 6.15. The molecule has 2 aliphatic rings. The van der Waals surface area contributed by atoms with E-state index in [-0.39, 0.29) is 12.1 Å². The Kier molecular flexibility index (Phi) is 5.18. The second kappa shape index (κ2) is 7.51. The van der Waals surface area contributed by atoms with Crippen LogP contribution in [0, 0.1) is 0 Å². The molecule has 1 N–H and O–H groups in total. The number of anilines is 1. The first-order chi connectivity index (χ1) is 11.2. The van der Waals surface area contributed by atoms with Gasteiger partial charge in [0.25, 0.3) is 0 Å². The van der Waals surface area contributed by atoms with Crippen molar-refractivity contribution in [3.8, 4) is 5.75 Å². The summed E-state index contributed by atoms with van der Waals surface area (Å²) in [6.07, 6.45) is 5.39. The van der Waals surface area contributed by atoms with E-state index in [1.807, 2.05) is 29.2 Å². The Morgan fingerprint density at radius 1 is 1.48 bits per heavy atom. The van der Waals surface area contributed by atoms with Crippen molar-refractivity contribution in [1.29, 1.82) is 0 Å². The Bertz CT molecular complexity index is 579. The smallest absolute Gasteiger partial charge is 0.322 e. The third-order valence-corrected chi connectivity index (χ3v) is 4.27. The molecule has 2 aliphatic heterocycles. The number of carbonyl (C=O) groups excluding carboxylic acids is 1. The van der Waals surface area contributed by atoms with Crippen molar-refractivity contribution in [1.82, 2.24) is 4.90 Å². The molecule has 3 rings (SSSR count). The van der Waals surface area contributed by atoms with Gasteiger partial charge in [0.1, 0.15) is 12.4 Å². The largest absolute Gasteiger partial charge is 0.491 e. The third-order valence-electron chi connectivity index (χ3n) is 4.27. The van der Waals surface area contributed by atoms with E-state index in [0.717, 1.165) is 43.9 Å². The molecule has 1 fully saturated rings. The normalized spacial score (nSPS) is 21.0. The number of amides is 2. The van der Waals surface area contributed by atoms with Gasteiger partial charge in [-0.25, -0.2) is 4.79 Å². The summed E-state index contributed by atoms with van der Waals surface area (Å²) in [5, 5.41) is 2.94. The molecular weight excluding hydrogens is 292 g/mol. The number of benzene rings is 1. The topological polar surface area (TPSA) is 50.8 Å². The molecule has 1 atom stereocenters. The zero-order valence-electron chi connectivity index (χ0n) is 13.6. The summed E-state index contributed by atoms with van der Waals surface area (Å²) in [5.41, 5.74) is 2.10. The molecule has 0 spiro atoms. The lowest BCUT2D eigenvalue weighted by Gasteiger charge is -2.25. The molecule has 5 nitrogen and oxygen atoms in total. The van der Waals surface area contributed by atoms with Crippen LogP contribution in [-0.2, 0) is 4.74 Å². The van der Waals surface area contributed by atoms with E-state index in [1.54, 1.807) is 0 Å². The minimum atomic E-state index is -0.0648. The number of rotatable bonds is 4. The van der Waals surface area contributed by atoms with Crippen LogP contribution >= 0.6 is 0 Å². The lowest BCUT2D eigenvalue weighted by atomic mass is 10.1. The maximum atomic E-state index is 12.3. The van der Waals surface area contributed by atoms with Gasteiger partial charge in [0.05, 0.1) is 6.10 Å². The van der Waals surface area contributed by atoms with Crippen LogP contribution in [0.15, 0.2) is 35.9 Å². The maximum Gasteiger partial charge on any atom is 0.322 e. The van der Waals surface area contributed by atoms with Crippen molar-refractivity contribution in [2.45, 2.75) is 32.3 Å². The van der Waals surface area contributed by atoms with Crippen LogP contribution in [0.5, 0.6) is 5.75 Å². The SMILES string of the molecule is CC1=CCN(C(=O)Nc2cccc(OCC3CCCO3)c2)CC1. The molecule has 1 aromatic rings. The van der Waals surface area contributed by atoms with Crippen LogP contribution in [-0.4, -0.2) is 43.3 Å². The second-order valence-corrected chi connectivity index (χ2v) is 6.15. The fourth-order valence-electron chi connectivity index (χ4n) is 2.79. The minimum absolute atomic E-state index is 0.0648. The van der Waals surface area contributed by atoms with Gasteiger partial charge in [-0.3, -0.25) is 0 Å². The lowest BCUT2D eigenvalue weighted by Crippen LogP contribution is -2.37. The number of urea groups is 1. The number of nitrogens with one attached hydrogen (secondary N) is 1. The standard InChI is InChI=1S/C18H24N2O3/c1-14-7-9-20(10-8-14)18(21)19-15-4-2-5-16(12-15)23-13-17-6-3-11-22-17/h2,4-5,7,12,17H,3,6,8-11,13H2,1H3,(H,19,21). The Hall–Kier alpha value is -2.01. The van der Waals surface area contributed by atoms with E-state index < -0.39 is 0 Å². The van der Waals surface area contributed by atoms with Crippen LogP contribution < -0.4 is 10.1 Å². The first-order valence-electron chi connectivity index (χ1n) is 8.27. The summed E-state index contributed by atoms with van der Waals surface area (Å²) >= 11 is 0. The van der Waals surface area contributed by atoms with Gasteiger partial charge >= 0.3 is 6.03 Å². The fourth-order valence-corrected chi connectivity index (χ4v) is 2.79. The molecule has 0 aliphatic carbocycles.